The fourth-order valence-electron chi connectivity index (χ4n) is 8.30. The molecule has 0 spiro atoms. The summed E-state index contributed by atoms with van der Waals surface area (Å²) in [6, 6.07) is 79.9. The first-order chi connectivity index (χ1) is 26.8. The maximum absolute atomic E-state index is 2.43. The molecule has 0 bridgehead atoms. The largest absolute Gasteiger partial charge is 0.0622 e. The number of fused-ring (bicyclic) bond motifs is 3. The molecule has 10 aromatic carbocycles. The van der Waals surface area contributed by atoms with Crippen molar-refractivity contribution < 1.29 is 0 Å². The molecule has 0 atom stereocenters. The van der Waals surface area contributed by atoms with Crippen LogP contribution in [0.3, 0.4) is 0 Å². The lowest BCUT2D eigenvalue weighted by atomic mass is 9.80. The zero-order valence-electron chi connectivity index (χ0n) is 29.8. The zero-order valence-corrected chi connectivity index (χ0v) is 29.8. The Morgan fingerprint density at radius 2 is 0.519 bits per heavy atom. The summed E-state index contributed by atoms with van der Waals surface area (Å²) in [5.74, 6) is 0. The fourth-order valence-corrected chi connectivity index (χ4v) is 8.30. The SMILES string of the molecule is c1ccc(-c2ccc(-c3c4ccccc4c(-c4ccc(-c5ccccc5)cc4-c4ccccc4)c4cc5ccccc5cc34)c(-c3ccccc3)c2)cc1. The van der Waals surface area contributed by atoms with Gasteiger partial charge in [-0.05, 0) is 123 Å². The number of benzene rings is 10. The minimum absolute atomic E-state index is 1.20. The van der Waals surface area contributed by atoms with Crippen molar-refractivity contribution in [1.29, 1.82) is 0 Å². The van der Waals surface area contributed by atoms with Crippen molar-refractivity contribution in [2.45, 2.75) is 0 Å². The van der Waals surface area contributed by atoms with E-state index in [4.69, 9.17) is 0 Å². The first-order valence-corrected chi connectivity index (χ1v) is 18.7. The Hall–Kier alpha value is -7.02. The van der Waals surface area contributed by atoms with Crippen LogP contribution in [0.4, 0.5) is 0 Å². The standard InChI is InChI=1S/C54H36/c1-5-17-37(18-6-1)43-29-31-47(49(33-43)39-21-9-3-10-22-39)53-45-27-15-16-28-46(45)54(52-36-42-26-14-13-25-41(42)35-51(52)53)48-32-30-44(38-19-7-2-8-20-38)34-50(48)40-23-11-4-12-24-40/h1-36H. The third kappa shape index (κ3) is 5.57. The maximum atomic E-state index is 2.43. The molecule has 0 heteroatoms. The van der Waals surface area contributed by atoms with E-state index in [1.54, 1.807) is 0 Å². The Morgan fingerprint density at radius 3 is 0.907 bits per heavy atom. The molecule has 54 heavy (non-hydrogen) atoms. The van der Waals surface area contributed by atoms with Gasteiger partial charge in [0.05, 0.1) is 0 Å². The predicted molar refractivity (Wildman–Crippen MR) is 232 cm³/mol. The Labute approximate surface area is 316 Å². The minimum atomic E-state index is 1.20. The van der Waals surface area contributed by atoms with Gasteiger partial charge in [-0.1, -0.05) is 194 Å². The quantitative estimate of drug-likeness (QED) is 0.153. The summed E-state index contributed by atoms with van der Waals surface area (Å²) < 4.78 is 0. The van der Waals surface area contributed by atoms with E-state index in [9.17, 15) is 0 Å². The fraction of sp³-hybridized carbons (Fsp3) is 0. The highest BCUT2D eigenvalue weighted by molar-refractivity contribution is 6.25. The highest BCUT2D eigenvalue weighted by Crippen LogP contribution is 2.49. The van der Waals surface area contributed by atoms with Crippen molar-refractivity contribution in [3.63, 3.8) is 0 Å². The normalized spacial score (nSPS) is 11.3. The molecule has 0 fully saturated rings. The molecule has 10 aromatic rings. The monoisotopic (exact) mass is 684 g/mol. The second-order valence-electron chi connectivity index (χ2n) is 14.0. The summed E-state index contributed by atoms with van der Waals surface area (Å²) in [7, 11) is 0. The van der Waals surface area contributed by atoms with Gasteiger partial charge in [0.25, 0.3) is 0 Å². The topological polar surface area (TPSA) is 0 Å². The summed E-state index contributed by atoms with van der Waals surface area (Å²) >= 11 is 0. The Bertz CT molecular complexity index is 2740. The summed E-state index contributed by atoms with van der Waals surface area (Å²) in [5.41, 5.74) is 14.7. The highest BCUT2D eigenvalue weighted by Gasteiger charge is 2.22. The highest BCUT2D eigenvalue weighted by atomic mass is 14.2. The summed E-state index contributed by atoms with van der Waals surface area (Å²) in [5, 5.41) is 7.45. The van der Waals surface area contributed by atoms with Gasteiger partial charge in [-0.3, -0.25) is 0 Å². The van der Waals surface area contributed by atoms with Gasteiger partial charge >= 0.3 is 0 Å². The summed E-state index contributed by atoms with van der Waals surface area (Å²) in [4.78, 5) is 0. The average molecular weight is 685 g/mol. The number of hydrogen-bond donors (Lipinski definition) is 0. The summed E-state index contributed by atoms with van der Waals surface area (Å²) in [6.07, 6.45) is 0. The van der Waals surface area contributed by atoms with E-state index < -0.39 is 0 Å². The molecule has 0 nitrogen and oxygen atoms in total. The van der Waals surface area contributed by atoms with Crippen LogP contribution in [0.25, 0.3) is 99.1 Å². The van der Waals surface area contributed by atoms with Crippen molar-refractivity contribution in [2.75, 3.05) is 0 Å². The molecule has 0 aliphatic heterocycles. The van der Waals surface area contributed by atoms with Crippen LogP contribution in [0.2, 0.25) is 0 Å². The van der Waals surface area contributed by atoms with Crippen molar-refractivity contribution in [3.05, 3.63) is 218 Å². The van der Waals surface area contributed by atoms with Crippen LogP contribution < -0.4 is 0 Å². The molecule has 0 aliphatic rings. The molecule has 10 rings (SSSR count). The molecule has 0 heterocycles. The molecule has 0 radical (unpaired) electrons. The molecule has 252 valence electrons. The smallest absolute Gasteiger partial charge is 0.00199 e. The molecule has 0 saturated heterocycles. The van der Waals surface area contributed by atoms with E-state index in [-0.39, 0.29) is 0 Å². The van der Waals surface area contributed by atoms with Crippen LogP contribution in [-0.2, 0) is 0 Å². The van der Waals surface area contributed by atoms with E-state index in [1.807, 2.05) is 0 Å². The van der Waals surface area contributed by atoms with Gasteiger partial charge in [-0.25, -0.2) is 0 Å². The van der Waals surface area contributed by atoms with Crippen LogP contribution in [0.15, 0.2) is 218 Å². The molecule has 0 amide bonds. The van der Waals surface area contributed by atoms with Gasteiger partial charge in [0, 0.05) is 0 Å². The minimum Gasteiger partial charge on any atom is -0.0622 e. The number of rotatable bonds is 6. The van der Waals surface area contributed by atoms with Gasteiger partial charge in [-0.2, -0.15) is 0 Å². The molecule has 0 unspecified atom stereocenters. The third-order valence-electron chi connectivity index (χ3n) is 10.9. The average Bonchev–Trinajstić information content (AvgIpc) is 3.26. The molecule has 0 saturated carbocycles. The molecular weight excluding hydrogens is 649 g/mol. The van der Waals surface area contributed by atoms with Crippen molar-refractivity contribution in [3.8, 4) is 66.8 Å². The van der Waals surface area contributed by atoms with Crippen LogP contribution in [-0.4, -0.2) is 0 Å². The zero-order chi connectivity index (χ0) is 35.8. The predicted octanol–water partition coefficient (Wildman–Crippen LogP) is 15.1. The first kappa shape index (κ1) is 31.7. The molecular formula is C54H36. The second kappa shape index (κ2) is 13.5. The Balaban J connectivity index is 1.33. The lowest BCUT2D eigenvalue weighted by molar-refractivity contribution is 1.57. The van der Waals surface area contributed by atoms with Crippen LogP contribution >= 0.6 is 0 Å². The molecule has 0 aliphatic carbocycles. The first-order valence-electron chi connectivity index (χ1n) is 18.7. The molecule has 0 N–H and O–H groups in total. The molecule has 0 aromatic heterocycles. The van der Waals surface area contributed by atoms with Gasteiger partial charge < -0.3 is 0 Å². The van der Waals surface area contributed by atoms with Gasteiger partial charge in [-0.15, -0.1) is 0 Å². The third-order valence-corrected chi connectivity index (χ3v) is 10.9. The Kier molecular flexibility index (Phi) is 7.93. The van der Waals surface area contributed by atoms with Gasteiger partial charge in [0.2, 0.25) is 0 Å². The lowest BCUT2D eigenvalue weighted by Gasteiger charge is -2.22. The van der Waals surface area contributed by atoms with Crippen molar-refractivity contribution in [1.82, 2.24) is 0 Å². The van der Waals surface area contributed by atoms with Gasteiger partial charge in [0.15, 0.2) is 0 Å². The van der Waals surface area contributed by atoms with E-state index >= 15 is 0 Å². The van der Waals surface area contributed by atoms with E-state index in [2.05, 4.69) is 218 Å². The lowest BCUT2D eigenvalue weighted by Crippen LogP contribution is -1.95. The maximum Gasteiger partial charge on any atom is -0.00199 e. The van der Waals surface area contributed by atoms with E-state index in [0.717, 1.165) is 0 Å². The van der Waals surface area contributed by atoms with E-state index in [1.165, 1.54) is 99.1 Å². The van der Waals surface area contributed by atoms with Gasteiger partial charge in [0.1, 0.15) is 0 Å². The second-order valence-corrected chi connectivity index (χ2v) is 14.0. The van der Waals surface area contributed by atoms with E-state index in [0.29, 0.717) is 0 Å². The summed E-state index contributed by atoms with van der Waals surface area (Å²) in [6.45, 7) is 0. The van der Waals surface area contributed by atoms with Crippen molar-refractivity contribution >= 4 is 32.3 Å². The number of hydrogen-bond acceptors (Lipinski definition) is 0. The van der Waals surface area contributed by atoms with Crippen LogP contribution in [0, 0.1) is 0 Å². The van der Waals surface area contributed by atoms with Crippen LogP contribution in [0.1, 0.15) is 0 Å². The van der Waals surface area contributed by atoms with Crippen molar-refractivity contribution in [2.24, 2.45) is 0 Å². The van der Waals surface area contributed by atoms with Crippen LogP contribution in [0.5, 0.6) is 0 Å². The Morgan fingerprint density at radius 1 is 0.185 bits per heavy atom.